The summed E-state index contributed by atoms with van der Waals surface area (Å²) in [4.78, 5) is 0. The topological polar surface area (TPSA) is 63.1 Å². The molecule has 0 aliphatic heterocycles. The molecule has 0 spiro atoms. The highest BCUT2D eigenvalue weighted by Gasteiger charge is 2.09. The molecule has 2 rings (SSSR count). The summed E-state index contributed by atoms with van der Waals surface area (Å²) in [5, 5.41) is 16.2. The Kier molecular flexibility index (Phi) is 3.46. The number of benzene rings is 1. The maximum atomic E-state index is 9.17. The van der Waals surface area contributed by atoms with Crippen LogP contribution in [0.15, 0.2) is 18.2 Å². The minimum Gasteiger partial charge on any atom is -0.495 e. The Labute approximate surface area is 108 Å². The van der Waals surface area contributed by atoms with Gasteiger partial charge in [-0.25, -0.2) is 0 Å². The highest BCUT2D eigenvalue weighted by atomic mass is 35.5. The summed E-state index contributed by atoms with van der Waals surface area (Å²) in [7, 11) is 1.53. The highest BCUT2D eigenvalue weighted by molar-refractivity contribution is 7.71. The molecule has 2 N–H and O–H groups in total. The number of rotatable bonds is 3. The average molecular weight is 272 g/mol. The molecule has 0 fully saturated rings. The van der Waals surface area contributed by atoms with Gasteiger partial charge in [0.2, 0.25) is 0 Å². The Morgan fingerprint density at radius 1 is 1.59 bits per heavy atom. The van der Waals surface area contributed by atoms with E-state index in [0.717, 1.165) is 5.69 Å². The molecule has 2 aromatic rings. The van der Waals surface area contributed by atoms with E-state index in [2.05, 4.69) is 10.2 Å². The van der Waals surface area contributed by atoms with Gasteiger partial charge >= 0.3 is 0 Å². The largest absolute Gasteiger partial charge is 0.495 e. The van der Waals surface area contributed by atoms with Crippen LogP contribution in [0.25, 0.3) is 5.69 Å². The van der Waals surface area contributed by atoms with Crippen LogP contribution >= 0.6 is 23.8 Å². The van der Waals surface area contributed by atoms with Gasteiger partial charge < -0.3 is 9.84 Å². The molecule has 0 aliphatic rings. The van der Waals surface area contributed by atoms with E-state index in [1.807, 2.05) is 0 Å². The van der Waals surface area contributed by atoms with Crippen LogP contribution in [0, 0.1) is 4.77 Å². The van der Waals surface area contributed by atoms with E-state index in [9.17, 15) is 0 Å². The zero-order valence-electron chi connectivity index (χ0n) is 8.98. The van der Waals surface area contributed by atoms with Crippen LogP contribution in [0.5, 0.6) is 5.75 Å². The van der Waals surface area contributed by atoms with Crippen molar-refractivity contribution in [2.24, 2.45) is 0 Å². The second kappa shape index (κ2) is 4.87. The van der Waals surface area contributed by atoms with Crippen LogP contribution in [0.3, 0.4) is 0 Å². The highest BCUT2D eigenvalue weighted by Crippen LogP contribution is 2.27. The second-order valence-corrected chi connectivity index (χ2v) is 4.05. The van der Waals surface area contributed by atoms with Crippen molar-refractivity contribution in [3.63, 3.8) is 0 Å². The molecule has 0 aliphatic carbocycles. The van der Waals surface area contributed by atoms with Crippen LogP contribution in [0.4, 0.5) is 0 Å². The summed E-state index contributed by atoms with van der Waals surface area (Å²) < 4.78 is 7.15. The first-order valence-electron chi connectivity index (χ1n) is 4.78. The second-order valence-electron chi connectivity index (χ2n) is 3.26. The Balaban J connectivity index is 2.60. The number of aliphatic hydroxyl groups is 1. The molecule has 0 amide bonds. The minimum atomic E-state index is -0.210. The summed E-state index contributed by atoms with van der Waals surface area (Å²) >= 11 is 11.0. The van der Waals surface area contributed by atoms with Gasteiger partial charge in [-0.1, -0.05) is 11.6 Å². The average Bonchev–Trinajstić information content (AvgIpc) is 2.71. The quantitative estimate of drug-likeness (QED) is 0.839. The fraction of sp³-hybridized carbons (Fsp3) is 0.200. The number of H-pyrrole nitrogens is 1. The van der Waals surface area contributed by atoms with Gasteiger partial charge in [-0.15, -0.1) is 0 Å². The van der Waals surface area contributed by atoms with Crippen molar-refractivity contribution < 1.29 is 9.84 Å². The van der Waals surface area contributed by atoms with Crippen LogP contribution in [-0.4, -0.2) is 27.0 Å². The van der Waals surface area contributed by atoms with Gasteiger partial charge in [0, 0.05) is 6.07 Å². The predicted molar refractivity (Wildman–Crippen MR) is 66.2 cm³/mol. The summed E-state index contributed by atoms with van der Waals surface area (Å²) in [6.07, 6.45) is 0. The van der Waals surface area contributed by atoms with Crippen molar-refractivity contribution in [1.29, 1.82) is 0 Å². The van der Waals surface area contributed by atoms with Crippen molar-refractivity contribution in [3.8, 4) is 11.4 Å². The van der Waals surface area contributed by atoms with Crippen molar-refractivity contribution in [2.45, 2.75) is 6.61 Å². The van der Waals surface area contributed by atoms with E-state index in [1.165, 1.54) is 7.11 Å². The molecule has 0 saturated carbocycles. The van der Waals surface area contributed by atoms with Crippen LogP contribution in [0.2, 0.25) is 5.02 Å². The molecule has 17 heavy (non-hydrogen) atoms. The molecule has 0 saturated heterocycles. The molecular weight excluding hydrogens is 262 g/mol. The van der Waals surface area contributed by atoms with Crippen molar-refractivity contribution in [2.75, 3.05) is 7.11 Å². The van der Waals surface area contributed by atoms with Crippen LogP contribution in [-0.2, 0) is 6.61 Å². The molecule has 1 heterocycles. The minimum absolute atomic E-state index is 0.210. The number of aromatic nitrogens is 3. The molecule has 0 radical (unpaired) electrons. The Morgan fingerprint density at radius 2 is 2.35 bits per heavy atom. The van der Waals surface area contributed by atoms with E-state index in [4.69, 9.17) is 33.7 Å². The van der Waals surface area contributed by atoms with E-state index in [0.29, 0.717) is 21.4 Å². The summed E-state index contributed by atoms with van der Waals surface area (Å²) in [6.45, 7) is -0.210. The smallest absolute Gasteiger partial charge is 0.199 e. The number of nitrogens with one attached hydrogen (secondary N) is 1. The van der Waals surface area contributed by atoms with E-state index < -0.39 is 0 Å². The number of aromatic amines is 1. The molecule has 90 valence electrons. The summed E-state index contributed by atoms with van der Waals surface area (Å²) in [6, 6.07) is 5.20. The third-order valence-electron chi connectivity index (χ3n) is 2.28. The number of hydrogen-bond donors (Lipinski definition) is 2. The first-order chi connectivity index (χ1) is 8.17. The number of halogens is 1. The van der Waals surface area contributed by atoms with Crippen LogP contribution < -0.4 is 4.74 Å². The lowest BCUT2D eigenvalue weighted by Crippen LogP contribution is -2.01. The molecule has 0 bridgehead atoms. The van der Waals surface area contributed by atoms with E-state index in [-0.39, 0.29) is 6.61 Å². The van der Waals surface area contributed by atoms with Gasteiger partial charge in [0.15, 0.2) is 10.6 Å². The molecule has 0 atom stereocenters. The summed E-state index contributed by atoms with van der Waals surface area (Å²) in [5.74, 6) is 0.968. The Bertz CT molecular complexity index is 593. The van der Waals surface area contributed by atoms with Crippen LogP contribution in [0.1, 0.15) is 5.82 Å². The lowest BCUT2D eigenvalue weighted by Gasteiger charge is -2.08. The molecular formula is C10H10ClN3O2S. The number of nitrogens with zero attached hydrogens (tertiary/aromatic N) is 2. The fourth-order valence-electron chi connectivity index (χ4n) is 1.49. The van der Waals surface area contributed by atoms with Gasteiger partial charge in [-0.3, -0.25) is 9.67 Å². The molecule has 1 aromatic carbocycles. The first kappa shape index (κ1) is 12.1. The Hall–Kier alpha value is -1.37. The zero-order chi connectivity index (χ0) is 12.4. The molecule has 1 aromatic heterocycles. The van der Waals surface area contributed by atoms with Gasteiger partial charge in [-0.05, 0) is 24.4 Å². The van der Waals surface area contributed by atoms with Crippen molar-refractivity contribution >= 4 is 23.8 Å². The van der Waals surface area contributed by atoms with Gasteiger partial charge in [0.25, 0.3) is 0 Å². The van der Waals surface area contributed by atoms with Gasteiger partial charge in [-0.2, -0.15) is 5.10 Å². The van der Waals surface area contributed by atoms with Crippen molar-refractivity contribution in [3.05, 3.63) is 33.8 Å². The van der Waals surface area contributed by atoms with Crippen molar-refractivity contribution in [1.82, 2.24) is 14.8 Å². The Morgan fingerprint density at radius 3 is 3.00 bits per heavy atom. The molecule has 0 unspecified atom stereocenters. The lowest BCUT2D eigenvalue weighted by atomic mass is 10.3. The fourth-order valence-corrected chi connectivity index (χ4v) is 1.94. The van der Waals surface area contributed by atoms with Gasteiger partial charge in [0.05, 0.1) is 17.8 Å². The number of aliphatic hydroxyl groups excluding tert-OH is 1. The number of ether oxygens (including phenoxy) is 1. The zero-order valence-corrected chi connectivity index (χ0v) is 10.5. The van der Waals surface area contributed by atoms with E-state index >= 15 is 0 Å². The predicted octanol–water partition coefficient (Wildman–Crippen LogP) is 2.08. The molecule has 7 heteroatoms. The normalized spacial score (nSPS) is 10.5. The van der Waals surface area contributed by atoms with Gasteiger partial charge in [0.1, 0.15) is 12.4 Å². The third kappa shape index (κ3) is 2.19. The maximum Gasteiger partial charge on any atom is 0.199 e. The van der Waals surface area contributed by atoms with E-state index in [1.54, 1.807) is 22.8 Å². The third-order valence-corrected chi connectivity index (χ3v) is 2.86. The standard InChI is InChI=1S/C10H10ClN3O2S/c1-16-8-4-6(2-3-7(8)11)14-9(5-15)12-13-10(14)17/h2-4,15H,5H2,1H3,(H,13,17). The lowest BCUT2D eigenvalue weighted by molar-refractivity contribution is 0.268. The molecule has 5 nitrogen and oxygen atoms in total. The monoisotopic (exact) mass is 271 g/mol. The SMILES string of the molecule is COc1cc(-n2c(CO)n[nH]c2=S)ccc1Cl. The maximum absolute atomic E-state index is 9.17. The summed E-state index contributed by atoms with van der Waals surface area (Å²) in [5.41, 5.74) is 0.731. The number of methoxy groups -OCH3 is 1. The first-order valence-corrected chi connectivity index (χ1v) is 5.57. The number of hydrogen-bond acceptors (Lipinski definition) is 4.